The van der Waals surface area contributed by atoms with Crippen LogP contribution < -0.4 is 10.6 Å². The largest absolute Gasteiger partial charge is 0.325 e. The zero-order chi connectivity index (χ0) is 19.9. The second kappa shape index (κ2) is 6.70. The van der Waals surface area contributed by atoms with Crippen molar-refractivity contribution in [1.29, 1.82) is 0 Å². The van der Waals surface area contributed by atoms with Gasteiger partial charge in [0.2, 0.25) is 5.91 Å². The number of benzene rings is 2. The van der Waals surface area contributed by atoms with Crippen LogP contribution in [0.4, 0.5) is 19.3 Å². The molecule has 0 bridgehead atoms. The highest BCUT2D eigenvalue weighted by Crippen LogP contribution is 2.39. The molecule has 1 aliphatic heterocycles. The van der Waals surface area contributed by atoms with Crippen molar-refractivity contribution in [2.45, 2.75) is 24.8 Å². The maximum absolute atomic E-state index is 13.7. The van der Waals surface area contributed by atoms with E-state index in [1.165, 1.54) is 6.07 Å². The molecule has 144 valence electrons. The zero-order valence-corrected chi connectivity index (χ0v) is 14.8. The molecule has 2 aromatic rings. The number of halogens is 2. The third kappa shape index (κ3) is 2.81. The number of hydrogen-bond donors (Lipinski definition) is 2. The van der Waals surface area contributed by atoms with E-state index < -0.39 is 47.3 Å². The van der Waals surface area contributed by atoms with E-state index >= 15 is 0 Å². The van der Waals surface area contributed by atoms with Gasteiger partial charge in [-0.15, -0.1) is 0 Å². The summed E-state index contributed by atoms with van der Waals surface area (Å²) in [5.41, 5.74) is -0.114. The first-order chi connectivity index (χ1) is 13.4. The first-order valence-corrected chi connectivity index (χ1v) is 8.89. The standard InChI is InChI=1S/C20H17F2N3O3/c21-14-8-3-9-15(22)17(14)23-16(26)11-25-18(27)20(24-19(25)28)10-4-6-12-5-1-2-7-13(12)20/h1-3,5,7-9H,4,6,10-11H2,(H,23,26)(H,24,28)/t20-/m0/s1. The summed E-state index contributed by atoms with van der Waals surface area (Å²) in [6.45, 7) is -0.637. The van der Waals surface area contributed by atoms with Crippen LogP contribution in [0.5, 0.6) is 0 Å². The number of nitrogens with zero attached hydrogens (tertiary/aromatic N) is 1. The molecular formula is C20H17F2N3O3. The number of aryl methyl sites for hydroxylation is 1. The fraction of sp³-hybridized carbons (Fsp3) is 0.250. The average molecular weight is 385 g/mol. The SMILES string of the molecule is O=C(CN1C(=O)N[C@]2(CCCc3ccccc32)C1=O)Nc1c(F)cccc1F. The van der Waals surface area contributed by atoms with E-state index in [0.29, 0.717) is 12.8 Å². The van der Waals surface area contributed by atoms with Crippen molar-refractivity contribution in [3.63, 3.8) is 0 Å². The maximum atomic E-state index is 13.7. The molecule has 2 N–H and O–H groups in total. The van der Waals surface area contributed by atoms with Gasteiger partial charge in [-0.1, -0.05) is 30.3 Å². The number of rotatable bonds is 3. The van der Waals surface area contributed by atoms with Gasteiger partial charge in [-0.2, -0.15) is 0 Å². The van der Waals surface area contributed by atoms with Crippen LogP contribution in [0.25, 0.3) is 0 Å². The highest BCUT2D eigenvalue weighted by molar-refractivity contribution is 6.10. The number of carbonyl (C=O) groups excluding carboxylic acids is 3. The summed E-state index contributed by atoms with van der Waals surface area (Å²) in [5.74, 6) is -3.28. The molecule has 6 nitrogen and oxygen atoms in total. The lowest BCUT2D eigenvalue weighted by atomic mass is 9.76. The van der Waals surface area contributed by atoms with Gasteiger partial charge in [-0.3, -0.25) is 14.5 Å². The van der Waals surface area contributed by atoms with Gasteiger partial charge < -0.3 is 10.6 Å². The van der Waals surface area contributed by atoms with E-state index in [0.717, 1.165) is 34.6 Å². The minimum Gasteiger partial charge on any atom is -0.320 e. The van der Waals surface area contributed by atoms with Crippen LogP contribution in [0.3, 0.4) is 0 Å². The maximum Gasteiger partial charge on any atom is 0.325 e. The third-order valence-corrected chi connectivity index (χ3v) is 5.18. The van der Waals surface area contributed by atoms with Crippen molar-refractivity contribution in [3.8, 4) is 0 Å². The predicted octanol–water partition coefficient (Wildman–Crippen LogP) is 2.69. The number of hydrogen-bond acceptors (Lipinski definition) is 3. The Hall–Kier alpha value is -3.29. The summed E-state index contributed by atoms with van der Waals surface area (Å²) in [7, 11) is 0. The van der Waals surface area contributed by atoms with Crippen LogP contribution in [0, 0.1) is 11.6 Å². The molecule has 0 unspecified atom stereocenters. The Kier molecular flexibility index (Phi) is 4.33. The van der Waals surface area contributed by atoms with Gasteiger partial charge in [0, 0.05) is 0 Å². The van der Waals surface area contributed by atoms with Crippen LogP contribution in [-0.4, -0.2) is 29.3 Å². The minimum atomic E-state index is -1.20. The number of urea groups is 1. The number of amides is 4. The molecule has 8 heteroatoms. The van der Waals surface area contributed by atoms with Crippen LogP contribution >= 0.6 is 0 Å². The first kappa shape index (κ1) is 18.1. The van der Waals surface area contributed by atoms with Crippen molar-refractivity contribution in [3.05, 3.63) is 65.2 Å². The molecule has 1 heterocycles. The highest BCUT2D eigenvalue weighted by atomic mass is 19.1. The summed E-state index contributed by atoms with van der Waals surface area (Å²) in [5, 5.41) is 4.82. The lowest BCUT2D eigenvalue weighted by Crippen LogP contribution is -2.47. The van der Waals surface area contributed by atoms with Crippen molar-refractivity contribution in [1.82, 2.24) is 10.2 Å². The Balaban J connectivity index is 1.57. The first-order valence-electron chi connectivity index (χ1n) is 8.89. The van der Waals surface area contributed by atoms with Crippen LogP contribution in [0.15, 0.2) is 42.5 Å². The summed E-state index contributed by atoms with van der Waals surface area (Å²) in [4.78, 5) is 38.6. The molecule has 0 radical (unpaired) electrons. The van der Waals surface area contributed by atoms with Gasteiger partial charge in [0.15, 0.2) is 0 Å². The molecule has 1 saturated heterocycles. The van der Waals surface area contributed by atoms with E-state index in [1.807, 2.05) is 12.1 Å². The Morgan fingerprint density at radius 1 is 1.11 bits per heavy atom. The number of anilines is 1. The highest BCUT2D eigenvalue weighted by Gasteiger charge is 2.54. The molecular weight excluding hydrogens is 368 g/mol. The van der Waals surface area contributed by atoms with E-state index in [1.54, 1.807) is 12.1 Å². The third-order valence-electron chi connectivity index (χ3n) is 5.18. The molecule has 2 aromatic carbocycles. The fourth-order valence-corrected chi connectivity index (χ4v) is 3.89. The molecule has 2 aliphatic rings. The number of nitrogens with one attached hydrogen (secondary N) is 2. The molecule has 28 heavy (non-hydrogen) atoms. The monoisotopic (exact) mass is 385 g/mol. The zero-order valence-electron chi connectivity index (χ0n) is 14.8. The summed E-state index contributed by atoms with van der Waals surface area (Å²) in [6.07, 6.45) is 1.94. The van der Waals surface area contributed by atoms with Crippen LogP contribution in [0.2, 0.25) is 0 Å². The van der Waals surface area contributed by atoms with E-state index in [9.17, 15) is 23.2 Å². The molecule has 1 fully saturated rings. The molecule has 4 rings (SSSR count). The number of imide groups is 1. The summed E-state index contributed by atoms with van der Waals surface area (Å²) in [6, 6.07) is 9.83. The molecule has 4 amide bonds. The quantitative estimate of drug-likeness (QED) is 0.798. The molecule has 1 atom stereocenters. The smallest absolute Gasteiger partial charge is 0.320 e. The topological polar surface area (TPSA) is 78.5 Å². The Morgan fingerprint density at radius 2 is 1.82 bits per heavy atom. The molecule has 0 saturated carbocycles. The lowest BCUT2D eigenvalue weighted by molar-refractivity contribution is -0.134. The van der Waals surface area contributed by atoms with Gasteiger partial charge in [-0.25, -0.2) is 13.6 Å². The van der Waals surface area contributed by atoms with Gasteiger partial charge in [0.25, 0.3) is 5.91 Å². The van der Waals surface area contributed by atoms with E-state index in [2.05, 4.69) is 10.6 Å². The lowest BCUT2D eigenvalue weighted by Gasteiger charge is -2.33. The van der Waals surface area contributed by atoms with Crippen LogP contribution in [0.1, 0.15) is 24.0 Å². The summed E-state index contributed by atoms with van der Waals surface area (Å²) >= 11 is 0. The van der Waals surface area contributed by atoms with Crippen molar-refractivity contribution < 1.29 is 23.2 Å². The second-order valence-corrected chi connectivity index (χ2v) is 6.88. The number of carbonyl (C=O) groups is 3. The van der Waals surface area contributed by atoms with E-state index in [4.69, 9.17) is 0 Å². The minimum absolute atomic E-state index is 0.425. The summed E-state index contributed by atoms with van der Waals surface area (Å²) < 4.78 is 27.4. The molecule has 1 spiro atoms. The van der Waals surface area contributed by atoms with Gasteiger partial charge in [0.05, 0.1) is 0 Å². The van der Waals surface area contributed by atoms with Gasteiger partial charge in [0.1, 0.15) is 29.4 Å². The van der Waals surface area contributed by atoms with E-state index in [-0.39, 0.29) is 0 Å². The van der Waals surface area contributed by atoms with Gasteiger partial charge in [-0.05, 0) is 42.5 Å². The number of fused-ring (bicyclic) bond motifs is 2. The van der Waals surface area contributed by atoms with Crippen molar-refractivity contribution in [2.24, 2.45) is 0 Å². The second-order valence-electron chi connectivity index (χ2n) is 6.88. The molecule has 1 aliphatic carbocycles. The fourth-order valence-electron chi connectivity index (χ4n) is 3.89. The van der Waals surface area contributed by atoms with Crippen molar-refractivity contribution >= 4 is 23.5 Å². The Bertz CT molecular complexity index is 974. The average Bonchev–Trinajstić information content (AvgIpc) is 2.90. The van der Waals surface area contributed by atoms with Gasteiger partial charge >= 0.3 is 6.03 Å². The predicted molar refractivity (Wildman–Crippen MR) is 96.3 cm³/mol. The van der Waals surface area contributed by atoms with Crippen molar-refractivity contribution in [2.75, 3.05) is 11.9 Å². The molecule has 0 aromatic heterocycles. The normalized spacial score (nSPS) is 20.9. The Morgan fingerprint density at radius 3 is 2.57 bits per heavy atom. The van der Waals surface area contributed by atoms with Crippen LogP contribution in [-0.2, 0) is 21.5 Å². The Labute approximate surface area is 159 Å². The number of para-hydroxylation sites is 1.